The Kier molecular flexibility index (Phi) is 8.08. The van der Waals surface area contributed by atoms with Crippen LogP contribution in [0.4, 0.5) is 4.39 Å². The van der Waals surface area contributed by atoms with Crippen LogP contribution in [0.5, 0.6) is 5.75 Å². The number of carboxylic acid groups (broad SMARTS) is 1. The fraction of sp³-hybridized carbons (Fsp3) is 0.211. The molecule has 1 amide bonds. The number of hydrazine groups is 1. The maximum atomic E-state index is 13.6. The molecular weight excluding hydrogens is 395 g/mol. The highest BCUT2D eigenvalue weighted by molar-refractivity contribution is 5.99. The second-order valence-electron chi connectivity index (χ2n) is 6.18. The van der Waals surface area contributed by atoms with Crippen LogP contribution in [0.1, 0.15) is 5.56 Å². The average Bonchev–Trinajstić information content (AvgIpc) is 2.75. The van der Waals surface area contributed by atoms with Crippen molar-refractivity contribution >= 4 is 17.8 Å². The molecule has 2 rings (SSSR count). The molecule has 0 radical (unpaired) electrons. The van der Waals surface area contributed by atoms with Gasteiger partial charge in [-0.25, -0.2) is 10.2 Å². The van der Waals surface area contributed by atoms with E-state index in [0.717, 1.165) is 11.1 Å². The first-order valence-corrected chi connectivity index (χ1v) is 8.81. The minimum absolute atomic E-state index is 0.169. The fourth-order valence-electron chi connectivity index (χ4n) is 2.74. The molecule has 0 saturated carbocycles. The monoisotopic (exact) mass is 418 g/mol. The first kappa shape index (κ1) is 22.6. The van der Waals surface area contributed by atoms with E-state index in [0.29, 0.717) is 11.3 Å². The zero-order valence-corrected chi connectivity index (χ0v) is 16.2. The summed E-state index contributed by atoms with van der Waals surface area (Å²) in [5.41, 5.74) is 4.15. The molecule has 0 aliphatic carbocycles. The normalized spacial score (nSPS) is 12.2. The maximum absolute atomic E-state index is 13.6. The highest BCUT2D eigenvalue weighted by atomic mass is 19.1. The fourth-order valence-corrected chi connectivity index (χ4v) is 2.74. The molecule has 0 aliphatic heterocycles. The number of halogens is 1. The van der Waals surface area contributed by atoms with Crippen LogP contribution in [0.2, 0.25) is 0 Å². The van der Waals surface area contributed by atoms with Crippen LogP contribution in [0.15, 0.2) is 47.6 Å². The van der Waals surface area contributed by atoms with E-state index < -0.39 is 30.3 Å². The lowest BCUT2D eigenvalue weighted by Crippen LogP contribution is -2.53. The first-order chi connectivity index (χ1) is 14.4. The van der Waals surface area contributed by atoms with Gasteiger partial charge >= 0.3 is 5.97 Å². The van der Waals surface area contributed by atoms with Crippen LogP contribution in [-0.2, 0) is 16.0 Å². The third kappa shape index (κ3) is 6.15. The molecule has 0 saturated heterocycles. The van der Waals surface area contributed by atoms with Gasteiger partial charge in [0.2, 0.25) is 11.9 Å². The number of aliphatic carboxylic acids is 1. The molecule has 10 nitrogen and oxygen atoms in total. The highest BCUT2D eigenvalue weighted by Crippen LogP contribution is 2.30. The van der Waals surface area contributed by atoms with Gasteiger partial charge in [-0.3, -0.25) is 25.6 Å². The van der Waals surface area contributed by atoms with Gasteiger partial charge in [0.1, 0.15) is 11.6 Å². The molecule has 1 atom stereocenters. The van der Waals surface area contributed by atoms with Crippen molar-refractivity contribution in [3.63, 3.8) is 0 Å². The number of carbonyl (C=O) groups is 2. The second-order valence-corrected chi connectivity index (χ2v) is 6.18. The lowest BCUT2D eigenvalue weighted by atomic mass is 9.99. The molecule has 0 bridgehead atoms. The number of benzene rings is 2. The number of carboxylic acids is 1. The number of hydrogen-bond donors (Lipinski definition) is 6. The summed E-state index contributed by atoms with van der Waals surface area (Å²) in [7, 11) is 1.50. The van der Waals surface area contributed by atoms with E-state index in [9.17, 15) is 14.0 Å². The zero-order chi connectivity index (χ0) is 22.1. The van der Waals surface area contributed by atoms with Crippen molar-refractivity contribution in [2.75, 3.05) is 13.7 Å². The largest absolute Gasteiger partial charge is 0.496 e. The van der Waals surface area contributed by atoms with E-state index >= 15 is 0 Å². The predicted octanol–water partition coefficient (Wildman–Crippen LogP) is -0.104. The summed E-state index contributed by atoms with van der Waals surface area (Å²) in [5.74, 6) is 8.54. The number of methoxy groups -OCH3 is 1. The van der Waals surface area contributed by atoms with Crippen molar-refractivity contribution < 1.29 is 23.8 Å². The number of ether oxygens (including phenoxy) is 1. The summed E-state index contributed by atoms with van der Waals surface area (Å²) in [6, 6.07) is 10.3. The first-order valence-electron chi connectivity index (χ1n) is 8.81. The third-order valence-electron chi connectivity index (χ3n) is 4.19. The summed E-state index contributed by atoms with van der Waals surface area (Å²) in [6.07, 6.45) is 0.169. The van der Waals surface area contributed by atoms with Crippen molar-refractivity contribution in [2.24, 2.45) is 16.8 Å². The third-order valence-corrected chi connectivity index (χ3v) is 4.19. The van der Waals surface area contributed by atoms with Crippen LogP contribution in [0, 0.1) is 5.82 Å². The number of hydrazone groups is 1. The number of nitrogens with zero attached hydrogens (tertiary/aromatic N) is 1. The molecule has 0 aliphatic rings. The molecule has 11 heteroatoms. The number of carbonyl (C=O) groups excluding carboxylic acids is 1. The average molecular weight is 418 g/mol. The van der Waals surface area contributed by atoms with E-state index in [-0.39, 0.29) is 12.4 Å². The Bertz CT molecular complexity index is 920. The van der Waals surface area contributed by atoms with Gasteiger partial charge in [-0.15, -0.1) is 5.10 Å². The van der Waals surface area contributed by atoms with Crippen molar-refractivity contribution in [1.29, 1.82) is 0 Å². The number of nitrogens with one attached hydrogen (secondary N) is 3. The van der Waals surface area contributed by atoms with Gasteiger partial charge in [0, 0.05) is 5.56 Å². The molecule has 8 N–H and O–H groups in total. The van der Waals surface area contributed by atoms with E-state index in [4.69, 9.17) is 21.5 Å². The molecule has 0 spiro atoms. The molecule has 0 aromatic heterocycles. The maximum Gasteiger partial charge on any atom is 0.317 e. The van der Waals surface area contributed by atoms with E-state index in [1.54, 1.807) is 24.3 Å². The van der Waals surface area contributed by atoms with Crippen LogP contribution in [0.25, 0.3) is 11.1 Å². The summed E-state index contributed by atoms with van der Waals surface area (Å²) in [5, 5.41) is 17.2. The van der Waals surface area contributed by atoms with E-state index in [2.05, 4.69) is 21.2 Å². The van der Waals surface area contributed by atoms with Gasteiger partial charge in [0.25, 0.3) is 0 Å². The Labute approximate surface area is 172 Å². The number of guanidine groups is 1. The Balaban J connectivity index is 2.20. The minimum atomic E-state index is -1.12. The molecule has 30 heavy (non-hydrogen) atoms. The van der Waals surface area contributed by atoms with E-state index in [1.807, 2.05) is 0 Å². The topological polar surface area (TPSA) is 164 Å². The SMILES string of the molecule is COc1ccc(F)cc1-c1ccc(C[C@H](NCC(=O)O)C(=O)N/C(=N/N)NN)cc1. The van der Waals surface area contributed by atoms with Crippen molar-refractivity contribution in [3.05, 3.63) is 53.8 Å². The predicted molar refractivity (Wildman–Crippen MR) is 109 cm³/mol. The van der Waals surface area contributed by atoms with Crippen LogP contribution < -0.4 is 32.5 Å². The number of hydrogen-bond acceptors (Lipinski definition) is 7. The lowest BCUT2D eigenvalue weighted by molar-refractivity contribution is -0.136. The molecule has 0 heterocycles. The van der Waals surface area contributed by atoms with Crippen LogP contribution in [0.3, 0.4) is 0 Å². The number of rotatable bonds is 8. The quantitative estimate of drug-likeness (QED) is 0.150. The summed E-state index contributed by atoms with van der Waals surface area (Å²) >= 11 is 0. The van der Waals surface area contributed by atoms with Gasteiger partial charge < -0.3 is 15.7 Å². The standard InChI is InChI=1S/C19H23FN6O4/c1-30-16-7-6-13(20)9-14(16)12-4-2-11(3-5-12)8-15(23-10-17(27)28)18(29)24-19(25-21)26-22/h2-7,9,15,23H,8,10,21-22H2,1H3,(H,27,28)(H2,24,25,26,29)/t15-/m0/s1. The molecule has 0 fully saturated rings. The Morgan fingerprint density at radius 3 is 2.50 bits per heavy atom. The summed E-state index contributed by atoms with van der Waals surface area (Å²) in [6.45, 7) is -0.429. The van der Waals surface area contributed by atoms with Gasteiger partial charge in [0.15, 0.2) is 0 Å². The Morgan fingerprint density at radius 1 is 1.23 bits per heavy atom. The van der Waals surface area contributed by atoms with E-state index in [1.165, 1.54) is 25.3 Å². The smallest absolute Gasteiger partial charge is 0.317 e. The van der Waals surface area contributed by atoms with Gasteiger partial charge in [-0.2, -0.15) is 0 Å². The second kappa shape index (κ2) is 10.7. The minimum Gasteiger partial charge on any atom is -0.496 e. The van der Waals surface area contributed by atoms with Gasteiger partial charge in [-0.1, -0.05) is 24.3 Å². The number of nitrogens with two attached hydrogens (primary N) is 2. The van der Waals surface area contributed by atoms with Gasteiger partial charge in [-0.05, 0) is 35.7 Å². The Hall–Kier alpha value is -3.70. The van der Waals surface area contributed by atoms with Crippen molar-refractivity contribution in [3.8, 4) is 16.9 Å². The van der Waals surface area contributed by atoms with Crippen molar-refractivity contribution in [1.82, 2.24) is 16.1 Å². The van der Waals surface area contributed by atoms with Gasteiger partial charge in [0.05, 0.1) is 19.7 Å². The lowest BCUT2D eigenvalue weighted by Gasteiger charge is -2.18. The molecule has 2 aromatic carbocycles. The molecule has 160 valence electrons. The highest BCUT2D eigenvalue weighted by Gasteiger charge is 2.21. The van der Waals surface area contributed by atoms with Crippen LogP contribution in [-0.4, -0.2) is 42.6 Å². The molecule has 2 aromatic rings. The van der Waals surface area contributed by atoms with Crippen LogP contribution >= 0.6 is 0 Å². The summed E-state index contributed by atoms with van der Waals surface area (Å²) in [4.78, 5) is 23.3. The molecular formula is C19H23FN6O4. The molecule has 0 unspecified atom stereocenters. The number of amides is 1. The Morgan fingerprint density at radius 2 is 1.93 bits per heavy atom. The van der Waals surface area contributed by atoms with Crippen molar-refractivity contribution in [2.45, 2.75) is 12.5 Å². The zero-order valence-electron chi connectivity index (χ0n) is 16.2. The summed E-state index contributed by atoms with van der Waals surface area (Å²) < 4.78 is 18.9.